The van der Waals surface area contributed by atoms with Gasteiger partial charge in [-0.3, -0.25) is 4.79 Å². The quantitative estimate of drug-likeness (QED) is 0.795. The molecule has 0 bridgehead atoms. The first-order valence-electron chi connectivity index (χ1n) is 9.93. The van der Waals surface area contributed by atoms with Gasteiger partial charge in [-0.05, 0) is 42.3 Å². The monoisotopic (exact) mass is 418 g/mol. The zero-order valence-corrected chi connectivity index (χ0v) is 17.0. The largest absolute Gasteiger partial charge is 0.326 e. The lowest BCUT2D eigenvalue weighted by Gasteiger charge is -2.22. The molecule has 2 aliphatic heterocycles. The number of hydrogen-bond acceptors (Lipinski definition) is 3. The molecule has 1 unspecified atom stereocenters. The summed E-state index contributed by atoms with van der Waals surface area (Å²) in [6.07, 6.45) is 1.56. The van der Waals surface area contributed by atoms with E-state index in [1.165, 1.54) is 22.0 Å². The Morgan fingerprint density at radius 1 is 1.00 bits per heavy atom. The molecule has 1 amide bonds. The third-order valence-electron chi connectivity index (χ3n) is 5.69. The van der Waals surface area contributed by atoms with Gasteiger partial charge in [0.05, 0.1) is 24.5 Å². The Hall–Kier alpha value is -2.29. The molecule has 1 N–H and O–H groups in total. The highest BCUT2D eigenvalue weighted by Crippen LogP contribution is 2.27. The third kappa shape index (κ3) is 4.19. The van der Waals surface area contributed by atoms with Crippen LogP contribution in [0, 0.1) is 5.82 Å². The standard InChI is InChI=1S/C21H24FN3O3S/c22-18-6-8-19(9-7-18)29(27,28)24-12-3-11-23(14-15-24)16-21(26)25-13-10-17-4-1-2-5-20(17)25/h1-2,4-9H,3,10-16H2/p+1. The molecule has 154 valence electrons. The fourth-order valence-electron chi connectivity index (χ4n) is 4.10. The van der Waals surface area contributed by atoms with Gasteiger partial charge < -0.3 is 9.80 Å². The van der Waals surface area contributed by atoms with E-state index in [0.29, 0.717) is 39.1 Å². The van der Waals surface area contributed by atoms with Crippen molar-refractivity contribution in [2.24, 2.45) is 0 Å². The minimum Gasteiger partial charge on any atom is -0.326 e. The van der Waals surface area contributed by atoms with Crippen molar-refractivity contribution in [3.8, 4) is 0 Å². The van der Waals surface area contributed by atoms with Gasteiger partial charge in [0.25, 0.3) is 5.91 Å². The Balaban J connectivity index is 1.39. The number of anilines is 1. The van der Waals surface area contributed by atoms with E-state index in [1.54, 1.807) is 0 Å². The second-order valence-corrected chi connectivity index (χ2v) is 9.50. The van der Waals surface area contributed by atoms with Gasteiger partial charge in [0.2, 0.25) is 10.0 Å². The van der Waals surface area contributed by atoms with E-state index >= 15 is 0 Å². The minimum absolute atomic E-state index is 0.0831. The number of rotatable bonds is 4. The molecule has 6 nitrogen and oxygen atoms in total. The number of halogens is 1. The summed E-state index contributed by atoms with van der Waals surface area (Å²) in [7, 11) is -3.65. The molecule has 2 aromatic carbocycles. The molecule has 0 saturated carbocycles. The van der Waals surface area contributed by atoms with Gasteiger partial charge in [-0.25, -0.2) is 12.8 Å². The summed E-state index contributed by atoms with van der Waals surface area (Å²) in [5.74, 6) is -0.378. The molecular weight excluding hydrogens is 393 g/mol. The lowest BCUT2D eigenvalue weighted by atomic mass is 10.2. The first kappa shape index (κ1) is 20.0. The van der Waals surface area contributed by atoms with E-state index in [9.17, 15) is 17.6 Å². The summed E-state index contributed by atoms with van der Waals surface area (Å²) in [5, 5.41) is 0. The zero-order valence-electron chi connectivity index (χ0n) is 16.2. The van der Waals surface area contributed by atoms with Gasteiger partial charge in [-0.1, -0.05) is 18.2 Å². The van der Waals surface area contributed by atoms with Crippen molar-refractivity contribution in [1.82, 2.24) is 4.31 Å². The molecule has 2 heterocycles. The first-order valence-corrected chi connectivity index (χ1v) is 11.4. The highest BCUT2D eigenvalue weighted by Gasteiger charge is 2.31. The van der Waals surface area contributed by atoms with E-state index in [4.69, 9.17) is 0 Å². The van der Waals surface area contributed by atoms with Gasteiger partial charge >= 0.3 is 0 Å². The number of fused-ring (bicyclic) bond motifs is 1. The molecule has 2 aromatic rings. The smallest absolute Gasteiger partial charge is 0.282 e. The predicted octanol–water partition coefficient (Wildman–Crippen LogP) is 0.694. The van der Waals surface area contributed by atoms with Gasteiger partial charge in [-0.15, -0.1) is 0 Å². The van der Waals surface area contributed by atoms with Crippen molar-refractivity contribution in [2.75, 3.05) is 44.2 Å². The number of hydrogen-bond donors (Lipinski definition) is 1. The molecule has 0 aliphatic carbocycles. The summed E-state index contributed by atoms with van der Waals surface area (Å²) in [5.41, 5.74) is 2.19. The SMILES string of the molecule is O=C(C[NH+]1CCCN(S(=O)(=O)c2ccc(F)cc2)CC1)N1CCc2ccccc21. The Kier molecular flexibility index (Phi) is 5.67. The van der Waals surface area contributed by atoms with Crippen LogP contribution in [0.5, 0.6) is 0 Å². The Morgan fingerprint density at radius 2 is 1.76 bits per heavy atom. The van der Waals surface area contributed by atoms with Crippen LogP contribution in [0.15, 0.2) is 53.4 Å². The zero-order chi connectivity index (χ0) is 20.4. The maximum atomic E-state index is 13.1. The van der Waals surface area contributed by atoms with Crippen molar-refractivity contribution in [1.29, 1.82) is 0 Å². The van der Waals surface area contributed by atoms with Crippen LogP contribution in [0.25, 0.3) is 0 Å². The van der Waals surface area contributed by atoms with E-state index in [1.807, 2.05) is 23.1 Å². The number of amides is 1. The normalized spacial score (nSPS) is 20.3. The van der Waals surface area contributed by atoms with Gasteiger partial charge in [0.15, 0.2) is 6.54 Å². The average molecular weight is 419 g/mol. The number of para-hydroxylation sites is 1. The second-order valence-electron chi connectivity index (χ2n) is 7.56. The number of quaternary nitrogens is 1. The van der Waals surface area contributed by atoms with Crippen molar-refractivity contribution >= 4 is 21.6 Å². The van der Waals surface area contributed by atoms with Gasteiger partial charge in [0, 0.05) is 25.2 Å². The molecular formula is C21H25FN3O3S+. The first-order chi connectivity index (χ1) is 13.9. The molecule has 0 spiro atoms. The molecule has 1 atom stereocenters. The van der Waals surface area contributed by atoms with Crippen LogP contribution < -0.4 is 9.80 Å². The maximum Gasteiger partial charge on any atom is 0.282 e. The van der Waals surface area contributed by atoms with E-state index in [0.717, 1.165) is 35.7 Å². The van der Waals surface area contributed by atoms with E-state index in [-0.39, 0.29) is 10.8 Å². The average Bonchev–Trinajstić information content (AvgIpc) is 3.00. The number of nitrogens with zero attached hydrogens (tertiary/aromatic N) is 2. The minimum atomic E-state index is -3.65. The lowest BCUT2D eigenvalue weighted by Crippen LogP contribution is -3.13. The summed E-state index contributed by atoms with van der Waals surface area (Å²) in [6.45, 7) is 3.14. The molecule has 1 fully saturated rings. The summed E-state index contributed by atoms with van der Waals surface area (Å²) in [4.78, 5) is 15.9. The summed E-state index contributed by atoms with van der Waals surface area (Å²) < 4.78 is 40.3. The van der Waals surface area contributed by atoms with Crippen LogP contribution in [0.2, 0.25) is 0 Å². The summed E-state index contributed by atoms with van der Waals surface area (Å²) in [6, 6.07) is 12.9. The number of carbonyl (C=O) groups excluding carboxylic acids is 1. The van der Waals surface area contributed by atoms with Crippen molar-refractivity contribution in [2.45, 2.75) is 17.7 Å². The number of sulfonamides is 1. The van der Waals surface area contributed by atoms with E-state index < -0.39 is 15.8 Å². The van der Waals surface area contributed by atoms with Crippen LogP contribution in [-0.2, 0) is 21.2 Å². The number of benzene rings is 2. The second kappa shape index (κ2) is 8.22. The molecule has 0 aromatic heterocycles. The molecule has 1 saturated heterocycles. The Labute approximate surface area is 170 Å². The Bertz CT molecular complexity index is 994. The molecule has 8 heteroatoms. The number of nitrogens with one attached hydrogen (secondary N) is 1. The topological polar surface area (TPSA) is 62.1 Å². The van der Waals surface area contributed by atoms with Crippen LogP contribution in [0.1, 0.15) is 12.0 Å². The predicted molar refractivity (Wildman–Crippen MR) is 108 cm³/mol. The van der Waals surface area contributed by atoms with Gasteiger partial charge in [0.1, 0.15) is 5.82 Å². The van der Waals surface area contributed by atoms with Crippen LogP contribution >= 0.6 is 0 Å². The molecule has 4 rings (SSSR count). The Morgan fingerprint density at radius 3 is 2.55 bits per heavy atom. The van der Waals surface area contributed by atoms with E-state index in [2.05, 4.69) is 6.07 Å². The van der Waals surface area contributed by atoms with Crippen LogP contribution in [-0.4, -0.2) is 57.9 Å². The highest BCUT2D eigenvalue weighted by molar-refractivity contribution is 7.89. The maximum absolute atomic E-state index is 13.1. The van der Waals surface area contributed by atoms with Crippen molar-refractivity contribution in [3.05, 3.63) is 59.9 Å². The fourth-order valence-corrected chi connectivity index (χ4v) is 5.58. The molecule has 29 heavy (non-hydrogen) atoms. The fraction of sp³-hybridized carbons (Fsp3) is 0.381. The van der Waals surface area contributed by atoms with Crippen molar-refractivity contribution < 1.29 is 22.5 Å². The van der Waals surface area contributed by atoms with Crippen LogP contribution in [0.4, 0.5) is 10.1 Å². The molecule has 0 radical (unpaired) electrons. The highest BCUT2D eigenvalue weighted by atomic mass is 32.2. The molecule has 2 aliphatic rings. The van der Waals surface area contributed by atoms with Crippen LogP contribution in [0.3, 0.4) is 0 Å². The lowest BCUT2D eigenvalue weighted by molar-refractivity contribution is -0.889. The third-order valence-corrected chi connectivity index (χ3v) is 7.61. The van der Waals surface area contributed by atoms with Crippen molar-refractivity contribution in [3.63, 3.8) is 0 Å². The summed E-state index contributed by atoms with van der Waals surface area (Å²) >= 11 is 0. The van der Waals surface area contributed by atoms with Gasteiger partial charge in [-0.2, -0.15) is 4.31 Å². The number of carbonyl (C=O) groups is 1.